The van der Waals surface area contributed by atoms with E-state index in [9.17, 15) is 0 Å². The summed E-state index contributed by atoms with van der Waals surface area (Å²) >= 11 is 5.96. The van der Waals surface area contributed by atoms with Crippen molar-refractivity contribution in [2.75, 3.05) is 27.2 Å². The number of nitrogens with one attached hydrogen (secondary N) is 2. The Bertz CT molecular complexity index is 331. The van der Waals surface area contributed by atoms with Gasteiger partial charge in [-0.25, -0.2) is 0 Å². The molecule has 0 unspecified atom stereocenters. The largest absolute Gasteiger partial charge is 0.496 e. The van der Waals surface area contributed by atoms with Gasteiger partial charge in [0.2, 0.25) is 0 Å². The van der Waals surface area contributed by atoms with Crippen LogP contribution in [0.5, 0.6) is 5.75 Å². The summed E-state index contributed by atoms with van der Waals surface area (Å²) in [4.78, 5) is 0. The molecule has 0 aliphatic rings. The Labute approximate surface area is 109 Å². The first kappa shape index (κ1) is 14.3. The van der Waals surface area contributed by atoms with Gasteiger partial charge in [-0.1, -0.05) is 11.6 Å². The highest BCUT2D eigenvalue weighted by atomic mass is 35.5. The zero-order valence-electron chi connectivity index (χ0n) is 10.6. The van der Waals surface area contributed by atoms with Crippen LogP contribution in [-0.2, 0) is 6.54 Å². The molecule has 0 amide bonds. The lowest BCUT2D eigenvalue weighted by molar-refractivity contribution is 0.407. The van der Waals surface area contributed by atoms with Crippen LogP contribution in [0.1, 0.15) is 18.4 Å². The van der Waals surface area contributed by atoms with Crippen LogP contribution in [0.3, 0.4) is 0 Å². The number of rotatable bonds is 8. The van der Waals surface area contributed by atoms with Crippen LogP contribution < -0.4 is 15.4 Å². The highest BCUT2D eigenvalue weighted by molar-refractivity contribution is 6.30. The van der Waals surface area contributed by atoms with Gasteiger partial charge in [-0.2, -0.15) is 0 Å². The van der Waals surface area contributed by atoms with Crippen molar-refractivity contribution in [2.24, 2.45) is 0 Å². The minimum atomic E-state index is 0.748. The van der Waals surface area contributed by atoms with E-state index in [1.807, 2.05) is 25.2 Å². The number of unbranched alkanes of at least 4 members (excludes halogenated alkanes) is 1. The molecule has 0 saturated heterocycles. The number of hydrogen-bond acceptors (Lipinski definition) is 3. The summed E-state index contributed by atoms with van der Waals surface area (Å²) in [6.07, 6.45) is 2.36. The summed E-state index contributed by atoms with van der Waals surface area (Å²) < 4.78 is 5.29. The standard InChI is InChI=1S/C13H21ClN2O/c1-15-7-3-4-8-16-10-11-9-12(14)5-6-13(11)17-2/h5-6,9,15-16H,3-4,7-8,10H2,1-2H3. The molecule has 0 radical (unpaired) electrons. The molecule has 17 heavy (non-hydrogen) atoms. The van der Waals surface area contributed by atoms with Gasteiger partial charge in [0.1, 0.15) is 5.75 Å². The molecule has 0 fully saturated rings. The molecule has 1 aromatic carbocycles. The quantitative estimate of drug-likeness (QED) is 0.701. The van der Waals surface area contributed by atoms with E-state index in [-0.39, 0.29) is 0 Å². The molecular weight excluding hydrogens is 236 g/mol. The fraction of sp³-hybridized carbons (Fsp3) is 0.538. The molecule has 0 aromatic heterocycles. The van der Waals surface area contributed by atoms with Crippen LogP contribution >= 0.6 is 11.6 Å². The van der Waals surface area contributed by atoms with Gasteiger partial charge in [0.05, 0.1) is 7.11 Å². The lowest BCUT2D eigenvalue weighted by atomic mass is 10.2. The fourth-order valence-corrected chi connectivity index (χ4v) is 1.85. The van der Waals surface area contributed by atoms with Gasteiger partial charge in [0, 0.05) is 17.1 Å². The fourth-order valence-electron chi connectivity index (χ4n) is 1.66. The van der Waals surface area contributed by atoms with Gasteiger partial charge >= 0.3 is 0 Å². The maximum Gasteiger partial charge on any atom is 0.123 e. The predicted octanol–water partition coefficient (Wildman–Crippen LogP) is 2.44. The Morgan fingerprint density at radius 3 is 2.71 bits per heavy atom. The molecule has 1 aromatic rings. The van der Waals surface area contributed by atoms with Crippen LogP contribution in [0.2, 0.25) is 5.02 Å². The first-order valence-corrected chi connectivity index (χ1v) is 6.33. The highest BCUT2D eigenvalue weighted by Gasteiger charge is 2.02. The van der Waals surface area contributed by atoms with Crippen molar-refractivity contribution in [3.8, 4) is 5.75 Å². The van der Waals surface area contributed by atoms with Crippen LogP contribution in [0.25, 0.3) is 0 Å². The summed E-state index contributed by atoms with van der Waals surface area (Å²) in [5.74, 6) is 0.886. The van der Waals surface area contributed by atoms with Gasteiger partial charge in [0.25, 0.3) is 0 Å². The number of benzene rings is 1. The summed E-state index contributed by atoms with van der Waals surface area (Å²) in [5.41, 5.74) is 1.11. The van der Waals surface area contributed by atoms with Crippen LogP contribution in [0.4, 0.5) is 0 Å². The van der Waals surface area contributed by atoms with E-state index >= 15 is 0 Å². The van der Waals surface area contributed by atoms with Crippen LogP contribution in [-0.4, -0.2) is 27.2 Å². The molecule has 0 heterocycles. The van der Waals surface area contributed by atoms with Gasteiger partial charge in [-0.05, 0) is 51.2 Å². The molecule has 0 spiro atoms. The topological polar surface area (TPSA) is 33.3 Å². The summed E-state index contributed by atoms with van der Waals surface area (Å²) in [6.45, 7) is 2.88. The highest BCUT2D eigenvalue weighted by Crippen LogP contribution is 2.22. The average Bonchev–Trinajstić information content (AvgIpc) is 2.34. The molecule has 2 N–H and O–H groups in total. The average molecular weight is 257 g/mol. The molecule has 1 rings (SSSR count). The lowest BCUT2D eigenvalue weighted by Gasteiger charge is -2.10. The van der Waals surface area contributed by atoms with E-state index in [2.05, 4.69) is 10.6 Å². The van der Waals surface area contributed by atoms with E-state index in [0.717, 1.165) is 36.0 Å². The third-order valence-corrected chi connectivity index (χ3v) is 2.82. The van der Waals surface area contributed by atoms with Gasteiger partial charge in [-0.3, -0.25) is 0 Å². The van der Waals surface area contributed by atoms with Gasteiger partial charge in [0.15, 0.2) is 0 Å². The number of ether oxygens (including phenoxy) is 1. The van der Waals surface area contributed by atoms with Crippen molar-refractivity contribution in [3.63, 3.8) is 0 Å². The minimum absolute atomic E-state index is 0.748. The molecule has 0 atom stereocenters. The third kappa shape index (κ3) is 5.39. The normalized spacial score (nSPS) is 10.5. The van der Waals surface area contributed by atoms with Crippen molar-refractivity contribution in [1.29, 1.82) is 0 Å². The van der Waals surface area contributed by atoms with Crippen LogP contribution in [0, 0.1) is 0 Å². The molecule has 4 heteroatoms. The predicted molar refractivity (Wildman–Crippen MR) is 72.9 cm³/mol. The second-order valence-corrected chi connectivity index (χ2v) is 4.38. The zero-order chi connectivity index (χ0) is 12.5. The zero-order valence-corrected chi connectivity index (χ0v) is 11.3. The van der Waals surface area contributed by atoms with Crippen molar-refractivity contribution >= 4 is 11.6 Å². The smallest absolute Gasteiger partial charge is 0.123 e. The Balaban J connectivity index is 2.32. The first-order chi connectivity index (χ1) is 8.27. The van der Waals surface area contributed by atoms with E-state index in [1.165, 1.54) is 12.8 Å². The Morgan fingerprint density at radius 2 is 2.00 bits per heavy atom. The molecule has 3 nitrogen and oxygen atoms in total. The maximum atomic E-state index is 5.96. The van der Waals surface area contributed by atoms with E-state index in [1.54, 1.807) is 7.11 Å². The van der Waals surface area contributed by atoms with Crippen molar-refractivity contribution in [3.05, 3.63) is 28.8 Å². The number of halogens is 1. The Kier molecular flexibility index (Phi) is 7.01. The summed E-state index contributed by atoms with van der Waals surface area (Å²) in [6, 6.07) is 5.69. The van der Waals surface area contributed by atoms with Gasteiger partial charge < -0.3 is 15.4 Å². The number of hydrogen-bond donors (Lipinski definition) is 2. The third-order valence-electron chi connectivity index (χ3n) is 2.59. The molecule has 0 saturated carbocycles. The van der Waals surface area contributed by atoms with Crippen molar-refractivity contribution in [2.45, 2.75) is 19.4 Å². The minimum Gasteiger partial charge on any atom is -0.496 e. The van der Waals surface area contributed by atoms with Crippen LogP contribution in [0.15, 0.2) is 18.2 Å². The van der Waals surface area contributed by atoms with Crippen molar-refractivity contribution in [1.82, 2.24) is 10.6 Å². The maximum absolute atomic E-state index is 5.96. The van der Waals surface area contributed by atoms with Crippen molar-refractivity contribution < 1.29 is 4.74 Å². The Hall–Kier alpha value is -0.770. The van der Waals surface area contributed by atoms with E-state index in [4.69, 9.17) is 16.3 Å². The SMILES string of the molecule is CNCCCCNCc1cc(Cl)ccc1OC. The first-order valence-electron chi connectivity index (χ1n) is 5.95. The summed E-state index contributed by atoms with van der Waals surface area (Å²) in [7, 11) is 3.66. The number of methoxy groups -OCH3 is 1. The second kappa shape index (κ2) is 8.34. The molecule has 0 aliphatic heterocycles. The Morgan fingerprint density at radius 1 is 1.24 bits per heavy atom. The van der Waals surface area contributed by atoms with E-state index < -0.39 is 0 Å². The molecule has 96 valence electrons. The summed E-state index contributed by atoms with van der Waals surface area (Å²) in [5, 5.41) is 7.28. The van der Waals surface area contributed by atoms with Gasteiger partial charge in [-0.15, -0.1) is 0 Å². The molecule has 0 aliphatic carbocycles. The molecule has 0 bridgehead atoms. The monoisotopic (exact) mass is 256 g/mol. The second-order valence-electron chi connectivity index (χ2n) is 3.94. The van der Waals surface area contributed by atoms with E-state index in [0.29, 0.717) is 0 Å². The lowest BCUT2D eigenvalue weighted by Crippen LogP contribution is -2.17. The molecular formula is C13H21ClN2O.